The number of carboxylic acids is 1. The first-order valence-electron chi connectivity index (χ1n) is 9.74. The van der Waals surface area contributed by atoms with E-state index in [1.807, 2.05) is 54.6 Å². The highest BCUT2D eigenvalue weighted by Crippen LogP contribution is 2.34. The number of rotatable bonds is 5. The average molecular weight is 410 g/mol. The van der Waals surface area contributed by atoms with E-state index in [4.69, 9.17) is 5.11 Å². The van der Waals surface area contributed by atoms with Crippen molar-refractivity contribution in [3.8, 4) is 0 Å². The van der Waals surface area contributed by atoms with E-state index >= 15 is 0 Å². The SMILES string of the molecule is O=C(O)Cc1ccccc1C1CCN(S(=O)(=O)c2cccc3ccccc23)CC1. The van der Waals surface area contributed by atoms with E-state index in [9.17, 15) is 13.2 Å². The van der Waals surface area contributed by atoms with Crippen LogP contribution in [0.25, 0.3) is 10.8 Å². The zero-order valence-corrected chi connectivity index (χ0v) is 16.8. The van der Waals surface area contributed by atoms with E-state index in [2.05, 4.69) is 0 Å². The van der Waals surface area contributed by atoms with Gasteiger partial charge >= 0.3 is 5.97 Å². The lowest BCUT2D eigenvalue weighted by atomic mass is 9.86. The van der Waals surface area contributed by atoms with Gasteiger partial charge in [0.2, 0.25) is 10.0 Å². The number of carbonyl (C=O) groups is 1. The molecule has 29 heavy (non-hydrogen) atoms. The van der Waals surface area contributed by atoms with Crippen molar-refractivity contribution < 1.29 is 18.3 Å². The normalized spacial score (nSPS) is 16.1. The number of carboxylic acid groups (broad SMARTS) is 1. The Morgan fingerprint density at radius 1 is 0.931 bits per heavy atom. The predicted molar refractivity (Wildman–Crippen MR) is 112 cm³/mol. The summed E-state index contributed by atoms with van der Waals surface area (Å²) in [6, 6.07) is 20.5. The zero-order valence-electron chi connectivity index (χ0n) is 16.0. The van der Waals surface area contributed by atoms with Crippen molar-refractivity contribution in [2.45, 2.75) is 30.1 Å². The van der Waals surface area contributed by atoms with Gasteiger partial charge in [-0.25, -0.2) is 8.42 Å². The molecule has 0 atom stereocenters. The summed E-state index contributed by atoms with van der Waals surface area (Å²) >= 11 is 0. The van der Waals surface area contributed by atoms with Gasteiger partial charge in [0.15, 0.2) is 0 Å². The Morgan fingerprint density at radius 2 is 1.59 bits per heavy atom. The molecule has 0 aliphatic carbocycles. The highest BCUT2D eigenvalue weighted by molar-refractivity contribution is 7.89. The summed E-state index contributed by atoms with van der Waals surface area (Å²) in [5.41, 5.74) is 1.84. The fraction of sp³-hybridized carbons (Fsp3) is 0.261. The number of hydrogen-bond donors (Lipinski definition) is 1. The van der Waals surface area contributed by atoms with Crippen LogP contribution in [-0.4, -0.2) is 36.9 Å². The molecule has 1 saturated heterocycles. The summed E-state index contributed by atoms with van der Waals surface area (Å²) in [6.45, 7) is 0.856. The van der Waals surface area contributed by atoms with Crippen LogP contribution in [0.5, 0.6) is 0 Å². The molecule has 1 N–H and O–H groups in total. The minimum Gasteiger partial charge on any atom is -0.481 e. The summed E-state index contributed by atoms with van der Waals surface area (Å²) < 4.78 is 28.2. The number of hydrogen-bond acceptors (Lipinski definition) is 3. The van der Waals surface area contributed by atoms with Crippen molar-refractivity contribution >= 4 is 26.8 Å². The maximum absolute atomic E-state index is 13.3. The number of piperidine rings is 1. The molecule has 4 rings (SSSR count). The van der Waals surface area contributed by atoms with E-state index in [0.29, 0.717) is 30.8 Å². The Bertz CT molecular complexity index is 1140. The van der Waals surface area contributed by atoms with Crippen LogP contribution in [0.15, 0.2) is 71.6 Å². The second-order valence-electron chi connectivity index (χ2n) is 7.42. The van der Waals surface area contributed by atoms with Gasteiger partial charge in [-0.05, 0) is 41.3 Å². The van der Waals surface area contributed by atoms with Crippen molar-refractivity contribution in [3.63, 3.8) is 0 Å². The first kappa shape index (κ1) is 19.6. The Kier molecular flexibility index (Phi) is 5.39. The molecule has 1 aliphatic heterocycles. The molecule has 0 spiro atoms. The van der Waals surface area contributed by atoms with Crippen LogP contribution in [0, 0.1) is 0 Å². The molecule has 1 aliphatic rings. The van der Waals surface area contributed by atoms with Crippen LogP contribution >= 0.6 is 0 Å². The van der Waals surface area contributed by atoms with E-state index in [0.717, 1.165) is 21.9 Å². The number of sulfonamides is 1. The van der Waals surface area contributed by atoms with Gasteiger partial charge in [0.1, 0.15) is 0 Å². The van der Waals surface area contributed by atoms with Gasteiger partial charge in [0, 0.05) is 18.5 Å². The third-order valence-corrected chi connectivity index (χ3v) is 7.61. The third kappa shape index (κ3) is 3.91. The molecule has 150 valence electrons. The molecular weight excluding hydrogens is 386 g/mol. The molecule has 0 bridgehead atoms. The first-order chi connectivity index (χ1) is 14.0. The summed E-state index contributed by atoms with van der Waals surface area (Å²) in [6.07, 6.45) is 1.35. The number of fused-ring (bicyclic) bond motifs is 1. The minimum absolute atomic E-state index is 0.00924. The second kappa shape index (κ2) is 7.97. The third-order valence-electron chi connectivity index (χ3n) is 5.66. The molecule has 1 fully saturated rings. The zero-order chi connectivity index (χ0) is 20.4. The summed E-state index contributed by atoms with van der Waals surface area (Å²) in [7, 11) is -3.58. The van der Waals surface area contributed by atoms with Crippen LogP contribution in [0.3, 0.4) is 0 Å². The van der Waals surface area contributed by atoms with Gasteiger partial charge in [-0.3, -0.25) is 4.79 Å². The molecule has 1 heterocycles. The van der Waals surface area contributed by atoms with Crippen molar-refractivity contribution in [3.05, 3.63) is 77.9 Å². The van der Waals surface area contributed by atoms with Crippen molar-refractivity contribution in [2.24, 2.45) is 0 Å². The first-order valence-corrected chi connectivity index (χ1v) is 11.2. The molecule has 3 aromatic rings. The standard InChI is InChI=1S/C23H23NO4S/c25-23(26)16-19-7-2-3-9-20(19)18-12-14-24(15-13-18)29(27,28)22-11-5-8-17-6-1-4-10-21(17)22/h1-11,18H,12-16H2,(H,25,26). The molecular formula is C23H23NO4S. The molecule has 6 heteroatoms. The Labute approximate surface area is 170 Å². The maximum atomic E-state index is 13.3. The highest BCUT2D eigenvalue weighted by Gasteiger charge is 2.31. The molecule has 0 unspecified atom stereocenters. The molecule has 0 saturated carbocycles. The number of aliphatic carboxylic acids is 1. The van der Waals surface area contributed by atoms with E-state index in [-0.39, 0.29) is 12.3 Å². The van der Waals surface area contributed by atoms with Gasteiger partial charge in [-0.2, -0.15) is 4.31 Å². The van der Waals surface area contributed by atoms with Crippen molar-refractivity contribution in [2.75, 3.05) is 13.1 Å². The van der Waals surface area contributed by atoms with Crippen LogP contribution in [-0.2, 0) is 21.2 Å². The van der Waals surface area contributed by atoms with Gasteiger partial charge in [-0.1, -0.05) is 60.7 Å². The largest absolute Gasteiger partial charge is 0.481 e. The topological polar surface area (TPSA) is 74.7 Å². The Morgan fingerprint density at radius 3 is 2.34 bits per heavy atom. The lowest BCUT2D eigenvalue weighted by Gasteiger charge is -2.32. The fourth-order valence-corrected chi connectivity index (χ4v) is 5.91. The Hall–Kier alpha value is -2.70. The van der Waals surface area contributed by atoms with E-state index in [1.54, 1.807) is 16.4 Å². The molecule has 0 amide bonds. The fourth-order valence-electron chi connectivity index (χ4n) is 4.22. The van der Waals surface area contributed by atoms with Crippen LogP contribution < -0.4 is 0 Å². The molecule has 5 nitrogen and oxygen atoms in total. The van der Waals surface area contributed by atoms with Crippen LogP contribution in [0.2, 0.25) is 0 Å². The number of nitrogens with zero attached hydrogens (tertiary/aromatic N) is 1. The van der Waals surface area contributed by atoms with Gasteiger partial charge < -0.3 is 5.11 Å². The molecule has 0 radical (unpaired) electrons. The molecule has 3 aromatic carbocycles. The van der Waals surface area contributed by atoms with Crippen LogP contribution in [0.1, 0.15) is 29.9 Å². The smallest absolute Gasteiger partial charge is 0.307 e. The molecule has 0 aromatic heterocycles. The highest BCUT2D eigenvalue weighted by atomic mass is 32.2. The lowest BCUT2D eigenvalue weighted by molar-refractivity contribution is -0.136. The monoisotopic (exact) mass is 409 g/mol. The predicted octanol–water partition coefficient (Wildman–Crippen LogP) is 4.04. The summed E-state index contributed by atoms with van der Waals surface area (Å²) in [5, 5.41) is 10.8. The minimum atomic E-state index is -3.58. The van der Waals surface area contributed by atoms with Gasteiger partial charge in [0.05, 0.1) is 11.3 Å². The Balaban J connectivity index is 1.56. The van der Waals surface area contributed by atoms with Gasteiger partial charge in [0.25, 0.3) is 0 Å². The summed E-state index contributed by atoms with van der Waals surface area (Å²) in [5.74, 6) is -0.682. The average Bonchev–Trinajstić information content (AvgIpc) is 2.73. The summed E-state index contributed by atoms with van der Waals surface area (Å²) in [4.78, 5) is 11.5. The van der Waals surface area contributed by atoms with Crippen LogP contribution in [0.4, 0.5) is 0 Å². The maximum Gasteiger partial charge on any atom is 0.307 e. The van der Waals surface area contributed by atoms with E-state index < -0.39 is 16.0 Å². The van der Waals surface area contributed by atoms with Crippen molar-refractivity contribution in [1.29, 1.82) is 0 Å². The van der Waals surface area contributed by atoms with Crippen molar-refractivity contribution in [1.82, 2.24) is 4.31 Å². The quantitative estimate of drug-likeness (QED) is 0.690. The lowest BCUT2D eigenvalue weighted by Crippen LogP contribution is -2.38. The van der Waals surface area contributed by atoms with Gasteiger partial charge in [-0.15, -0.1) is 0 Å². The van der Waals surface area contributed by atoms with E-state index in [1.165, 1.54) is 0 Å². The number of benzene rings is 3. The second-order valence-corrected chi connectivity index (χ2v) is 9.33.